The van der Waals surface area contributed by atoms with Crippen molar-refractivity contribution in [1.82, 2.24) is 5.01 Å². The molecule has 108 valence electrons. The third-order valence-corrected chi connectivity index (χ3v) is 3.89. The molecule has 2 aliphatic rings. The zero-order valence-corrected chi connectivity index (χ0v) is 11.6. The van der Waals surface area contributed by atoms with Crippen LogP contribution in [-0.4, -0.2) is 29.7 Å². The van der Waals surface area contributed by atoms with Crippen molar-refractivity contribution in [3.05, 3.63) is 48.0 Å². The first-order chi connectivity index (χ1) is 10.2. The lowest BCUT2D eigenvalue weighted by Gasteiger charge is -2.37. The average molecular weight is 284 g/mol. The number of hydrogen-bond acceptors (Lipinski definition) is 4. The van der Waals surface area contributed by atoms with Gasteiger partial charge in [0.05, 0.1) is 24.8 Å². The number of hydrazone groups is 1. The normalized spacial score (nSPS) is 24.2. The number of carbonyl (C=O) groups excluding carboxylic acids is 2. The van der Waals surface area contributed by atoms with Crippen LogP contribution in [-0.2, 0) is 14.3 Å². The zero-order chi connectivity index (χ0) is 14.8. The predicted molar refractivity (Wildman–Crippen MR) is 77.5 cm³/mol. The van der Waals surface area contributed by atoms with Gasteiger partial charge in [-0.2, -0.15) is 5.10 Å². The Morgan fingerprint density at radius 3 is 3.00 bits per heavy atom. The third-order valence-electron chi connectivity index (χ3n) is 3.89. The minimum atomic E-state index is -0.426. The van der Waals surface area contributed by atoms with Crippen molar-refractivity contribution in [2.75, 3.05) is 6.61 Å². The maximum Gasteiger partial charge on any atom is 0.311 e. The number of fused-ring (bicyclic) bond motifs is 1. The number of rotatable bonds is 2. The molecule has 2 unspecified atom stereocenters. The minimum Gasteiger partial charge on any atom is -0.465 e. The molecule has 21 heavy (non-hydrogen) atoms. The molecule has 1 saturated heterocycles. The van der Waals surface area contributed by atoms with Crippen LogP contribution in [0.1, 0.15) is 30.0 Å². The summed E-state index contributed by atoms with van der Waals surface area (Å²) in [6.07, 6.45) is 4.34. The molecular formula is C16H16N2O3. The zero-order valence-electron chi connectivity index (χ0n) is 11.6. The molecule has 0 spiro atoms. The van der Waals surface area contributed by atoms with Crippen LogP contribution in [0.25, 0.3) is 0 Å². The number of carbonyl (C=O) groups is 2. The highest BCUT2D eigenvalue weighted by molar-refractivity contribution is 5.92. The smallest absolute Gasteiger partial charge is 0.311 e. The Hall–Kier alpha value is -2.43. The van der Waals surface area contributed by atoms with Gasteiger partial charge in [0.1, 0.15) is 0 Å². The van der Waals surface area contributed by atoms with Crippen LogP contribution in [0.3, 0.4) is 0 Å². The Kier molecular flexibility index (Phi) is 3.56. The number of esters is 1. The SMILES string of the molecule is C=CC(=O)N1N=Cc2ccccc2C1C1CCCOC1=O. The van der Waals surface area contributed by atoms with Crippen molar-refractivity contribution in [2.24, 2.45) is 11.0 Å². The second-order valence-electron chi connectivity index (χ2n) is 5.12. The monoisotopic (exact) mass is 284 g/mol. The van der Waals surface area contributed by atoms with Crippen LogP contribution in [0.5, 0.6) is 0 Å². The van der Waals surface area contributed by atoms with E-state index in [1.807, 2.05) is 24.3 Å². The van der Waals surface area contributed by atoms with Crippen molar-refractivity contribution in [3.8, 4) is 0 Å². The van der Waals surface area contributed by atoms with Crippen molar-refractivity contribution in [2.45, 2.75) is 18.9 Å². The van der Waals surface area contributed by atoms with Gasteiger partial charge in [-0.25, -0.2) is 5.01 Å². The van der Waals surface area contributed by atoms with E-state index in [9.17, 15) is 9.59 Å². The van der Waals surface area contributed by atoms with Gasteiger partial charge in [0, 0.05) is 0 Å². The van der Waals surface area contributed by atoms with Crippen molar-refractivity contribution >= 4 is 18.1 Å². The van der Waals surface area contributed by atoms with E-state index in [1.54, 1.807) is 6.21 Å². The van der Waals surface area contributed by atoms with Gasteiger partial charge in [-0.3, -0.25) is 9.59 Å². The van der Waals surface area contributed by atoms with Crippen molar-refractivity contribution in [3.63, 3.8) is 0 Å². The van der Waals surface area contributed by atoms with Gasteiger partial charge in [-0.05, 0) is 30.0 Å². The molecule has 0 N–H and O–H groups in total. The van der Waals surface area contributed by atoms with Gasteiger partial charge in [-0.1, -0.05) is 30.8 Å². The van der Waals surface area contributed by atoms with Crippen LogP contribution < -0.4 is 0 Å². The summed E-state index contributed by atoms with van der Waals surface area (Å²) < 4.78 is 5.17. The summed E-state index contributed by atoms with van der Waals surface area (Å²) in [6, 6.07) is 7.23. The predicted octanol–water partition coefficient (Wildman–Crippen LogP) is 2.04. The average Bonchev–Trinajstić information content (AvgIpc) is 2.54. The number of nitrogens with zero attached hydrogens (tertiary/aromatic N) is 2. The van der Waals surface area contributed by atoms with E-state index in [0.717, 1.165) is 17.5 Å². The fraction of sp³-hybridized carbons (Fsp3) is 0.312. The summed E-state index contributed by atoms with van der Waals surface area (Å²) in [5, 5.41) is 5.55. The second kappa shape index (κ2) is 5.52. The summed E-state index contributed by atoms with van der Waals surface area (Å²) in [7, 11) is 0. The third kappa shape index (κ3) is 2.35. The van der Waals surface area contributed by atoms with Crippen LogP contribution >= 0.6 is 0 Å². The molecule has 2 heterocycles. The quantitative estimate of drug-likeness (QED) is 0.617. The number of amides is 1. The molecule has 1 aromatic rings. The molecular weight excluding hydrogens is 268 g/mol. The maximum atomic E-state index is 12.1. The first-order valence-corrected chi connectivity index (χ1v) is 6.97. The van der Waals surface area contributed by atoms with E-state index in [-0.39, 0.29) is 17.8 Å². The maximum absolute atomic E-state index is 12.1. The number of ether oxygens (including phenoxy) is 1. The first kappa shape index (κ1) is 13.5. The lowest BCUT2D eigenvalue weighted by atomic mass is 9.85. The Bertz CT molecular complexity index is 624. The molecule has 0 saturated carbocycles. The molecule has 5 heteroatoms. The van der Waals surface area contributed by atoms with Gasteiger partial charge < -0.3 is 4.74 Å². The van der Waals surface area contributed by atoms with Crippen LogP contribution in [0.4, 0.5) is 0 Å². The van der Waals surface area contributed by atoms with Crippen LogP contribution in [0, 0.1) is 5.92 Å². The van der Waals surface area contributed by atoms with E-state index in [1.165, 1.54) is 11.1 Å². The lowest BCUT2D eigenvalue weighted by molar-refractivity contribution is -0.157. The highest BCUT2D eigenvalue weighted by Gasteiger charge is 2.40. The molecule has 1 aromatic carbocycles. The molecule has 0 aromatic heterocycles. The van der Waals surface area contributed by atoms with E-state index >= 15 is 0 Å². The largest absolute Gasteiger partial charge is 0.465 e. The molecule has 2 atom stereocenters. The van der Waals surface area contributed by atoms with Crippen molar-refractivity contribution in [1.29, 1.82) is 0 Å². The van der Waals surface area contributed by atoms with Gasteiger partial charge in [0.25, 0.3) is 5.91 Å². The summed E-state index contributed by atoms with van der Waals surface area (Å²) in [5.74, 6) is -0.967. The molecule has 0 radical (unpaired) electrons. The van der Waals surface area contributed by atoms with E-state index in [2.05, 4.69) is 11.7 Å². The van der Waals surface area contributed by atoms with Gasteiger partial charge in [0.15, 0.2) is 0 Å². The lowest BCUT2D eigenvalue weighted by Crippen LogP contribution is -2.41. The van der Waals surface area contributed by atoms with Crippen LogP contribution in [0.15, 0.2) is 42.0 Å². The molecule has 0 bridgehead atoms. The van der Waals surface area contributed by atoms with E-state index < -0.39 is 6.04 Å². The van der Waals surface area contributed by atoms with E-state index in [4.69, 9.17) is 4.74 Å². The Morgan fingerprint density at radius 2 is 2.24 bits per heavy atom. The number of benzene rings is 1. The topological polar surface area (TPSA) is 59.0 Å². The summed E-state index contributed by atoms with van der Waals surface area (Å²) in [5.41, 5.74) is 1.85. The summed E-state index contributed by atoms with van der Waals surface area (Å²) in [6.45, 7) is 3.96. The minimum absolute atomic E-state index is 0.264. The molecule has 5 nitrogen and oxygen atoms in total. The van der Waals surface area contributed by atoms with Gasteiger partial charge in [-0.15, -0.1) is 0 Å². The summed E-state index contributed by atoms with van der Waals surface area (Å²) in [4.78, 5) is 24.2. The fourth-order valence-corrected chi connectivity index (χ4v) is 2.89. The molecule has 0 aliphatic carbocycles. The highest BCUT2D eigenvalue weighted by atomic mass is 16.5. The van der Waals surface area contributed by atoms with Crippen LogP contribution in [0.2, 0.25) is 0 Å². The first-order valence-electron chi connectivity index (χ1n) is 6.97. The Morgan fingerprint density at radius 1 is 1.43 bits per heavy atom. The standard InChI is InChI=1S/C16H16N2O3/c1-2-14(19)18-15(13-8-5-9-21-16(13)20)12-7-4-3-6-11(12)10-17-18/h2-4,6-7,10,13,15H,1,5,8-9H2. The fourth-order valence-electron chi connectivity index (χ4n) is 2.89. The highest BCUT2D eigenvalue weighted by Crippen LogP contribution is 2.38. The summed E-state index contributed by atoms with van der Waals surface area (Å²) >= 11 is 0. The Balaban J connectivity index is 2.06. The second-order valence-corrected chi connectivity index (χ2v) is 5.12. The van der Waals surface area contributed by atoms with Crippen molar-refractivity contribution < 1.29 is 14.3 Å². The molecule has 1 amide bonds. The number of cyclic esters (lactones) is 1. The molecule has 2 aliphatic heterocycles. The molecule has 3 rings (SSSR count). The van der Waals surface area contributed by atoms with E-state index in [0.29, 0.717) is 13.0 Å². The van der Waals surface area contributed by atoms with Gasteiger partial charge in [0.2, 0.25) is 0 Å². The van der Waals surface area contributed by atoms with Gasteiger partial charge >= 0.3 is 5.97 Å². The number of hydrogen-bond donors (Lipinski definition) is 0. The Labute approximate surface area is 122 Å². The molecule has 1 fully saturated rings.